The maximum Gasteiger partial charge on any atom is 0.189 e. The van der Waals surface area contributed by atoms with E-state index in [1.165, 1.54) is 89.5 Å². The summed E-state index contributed by atoms with van der Waals surface area (Å²) >= 11 is 11.6. The first-order valence-corrected chi connectivity index (χ1v) is 19.3. The first-order valence-electron chi connectivity index (χ1n) is 18.5. The van der Waals surface area contributed by atoms with Gasteiger partial charge in [-0.25, -0.2) is 0 Å². The Kier molecular flexibility index (Phi) is 12.6. The van der Waals surface area contributed by atoms with Crippen molar-refractivity contribution in [3.8, 4) is 22.7 Å². The van der Waals surface area contributed by atoms with Crippen LogP contribution in [-0.2, 0) is 0 Å². The molecule has 0 N–H and O–H groups in total. The van der Waals surface area contributed by atoms with Gasteiger partial charge in [-0.05, 0) is 152 Å². The second kappa shape index (κ2) is 17.0. The second-order valence-corrected chi connectivity index (χ2v) is 15.5. The molecule has 54 heavy (non-hydrogen) atoms. The molecule has 0 saturated carbocycles. The lowest BCUT2D eigenvalue weighted by molar-refractivity contribution is 0.929. The summed E-state index contributed by atoms with van der Waals surface area (Å²) in [6.07, 6.45) is 8.30. The van der Waals surface area contributed by atoms with Crippen LogP contribution in [0.2, 0.25) is 0 Å². The fourth-order valence-corrected chi connectivity index (χ4v) is 8.64. The van der Waals surface area contributed by atoms with Gasteiger partial charge < -0.3 is 0 Å². The van der Waals surface area contributed by atoms with Crippen LogP contribution in [0.5, 0.6) is 0 Å². The molecule has 0 unspecified atom stereocenters. The normalized spacial score (nSPS) is 10.7. The van der Waals surface area contributed by atoms with E-state index >= 15 is 0 Å². The molecular formula is C48H54N4S2. The van der Waals surface area contributed by atoms with Crippen molar-refractivity contribution < 1.29 is 0 Å². The van der Waals surface area contributed by atoms with E-state index in [2.05, 4.69) is 175 Å². The Morgan fingerprint density at radius 3 is 0.574 bits per heavy atom. The molecule has 0 amide bonds. The fraction of sp³-hybridized carbons (Fsp3) is 0.250. The van der Waals surface area contributed by atoms with Crippen molar-refractivity contribution in [1.82, 2.24) is 18.3 Å². The van der Waals surface area contributed by atoms with Crippen molar-refractivity contribution in [2.45, 2.75) is 83.1 Å². The lowest BCUT2D eigenvalue weighted by Gasteiger charge is -2.14. The van der Waals surface area contributed by atoms with Crippen molar-refractivity contribution in [3.63, 3.8) is 0 Å². The predicted molar refractivity (Wildman–Crippen MR) is 235 cm³/mol. The minimum absolute atomic E-state index is 0.806. The van der Waals surface area contributed by atoms with Gasteiger partial charge in [0.05, 0.1) is 22.7 Å². The number of rotatable bonds is 4. The minimum atomic E-state index is 0.806. The third-order valence-electron chi connectivity index (χ3n) is 9.73. The largest absolute Gasteiger partial charge is 0.292 e. The predicted octanol–water partition coefficient (Wildman–Crippen LogP) is 13.4. The summed E-state index contributed by atoms with van der Waals surface area (Å²) in [5.74, 6) is 0. The molecule has 7 aromatic rings. The topological polar surface area (TPSA) is 19.7 Å². The molecule has 0 aliphatic rings. The quantitative estimate of drug-likeness (QED) is 0.167. The maximum absolute atomic E-state index is 5.82. The molecule has 0 atom stereocenters. The highest BCUT2D eigenvalue weighted by atomic mass is 32.1. The molecular weight excluding hydrogens is 697 g/mol. The van der Waals surface area contributed by atoms with Crippen molar-refractivity contribution in [3.05, 3.63) is 186 Å². The Labute approximate surface area is 333 Å². The summed E-state index contributed by atoms with van der Waals surface area (Å²) < 4.78 is 10.1. The molecule has 2 aromatic heterocycles. The zero-order valence-electron chi connectivity index (χ0n) is 34.0. The van der Waals surface area contributed by atoms with Gasteiger partial charge in [0.2, 0.25) is 0 Å². The Hall–Kier alpha value is -5.04. The fourth-order valence-electron chi connectivity index (χ4n) is 8.03. The van der Waals surface area contributed by atoms with Crippen LogP contribution in [-0.4, -0.2) is 18.3 Å². The highest BCUT2D eigenvalue weighted by Crippen LogP contribution is 2.28. The van der Waals surface area contributed by atoms with Crippen LogP contribution in [0.3, 0.4) is 0 Å². The van der Waals surface area contributed by atoms with Gasteiger partial charge in [-0.1, -0.05) is 107 Å². The van der Waals surface area contributed by atoms with Gasteiger partial charge in [0.1, 0.15) is 0 Å². The Bertz CT molecular complexity index is 2120. The van der Waals surface area contributed by atoms with E-state index < -0.39 is 0 Å². The van der Waals surface area contributed by atoms with E-state index in [0.29, 0.717) is 0 Å². The number of imidazole rings is 2. The molecule has 7 rings (SSSR count). The van der Waals surface area contributed by atoms with Gasteiger partial charge in [-0.3, -0.25) is 18.3 Å². The Balaban J connectivity index is 0.000000180. The van der Waals surface area contributed by atoms with Crippen molar-refractivity contribution in [2.24, 2.45) is 0 Å². The summed E-state index contributed by atoms with van der Waals surface area (Å²) in [6.45, 7) is 25.7. The average Bonchev–Trinajstić information content (AvgIpc) is 3.62. The van der Waals surface area contributed by atoms with Crippen LogP contribution in [0.15, 0.2) is 110 Å². The Morgan fingerprint density at radius 2 is 0.426 bits per heavy atom. The van der Waals surface area contributed by atoms with Gasteiger partial charge in [0.25, 0.3) is 0 Å². The summed E-state index contributed by atoms with van der Waals surface area (Å²) in [5.41, 5.74) is 19.9. The zero-order chi connectivity index (χ0) is 39.4. The van der Waals surface area contributed by atoms with Crippen LogP contribution in [0.25, 0.3) is 22.7 Å². The highest BCUT2D eigenvalue weighted by Gasteiger charge is 2.14. The van der Waals surface area contributed by atoms with Crippen LogP contribution < -0.4 is 0 Å². The smallest absolute Gasteiger partial charge is 0.189 e. The van der Waals surface area contributed by atoms with Crippen LogP contribution in [0.1, 0.15) is 66.8 Å². The number of aryl methyl sites for hydroxylation is 12. The monoisotopic (exact) mass is 750 g/mol. The first-order chi connectivity index (χ1) is 25.6. The molecule has 0 bridgehead atoms. The van der Waals surface area contributed by atoms with Gasteiger partial charge in [0.15, 0.2) is 9.54 Å². The van der Waals surface area contributed by atoms with E-state index in [0.717, 1.165) is 9.54 Å². The lowest BCUT2D eigenvalue weighted by Crippen LogP contribution is -2.04. The number of hydrogen-bond donors (Lipinski definition) is 0. The van der Waals surface area contributed by atoms with E-state index in [1.807, 2.05) is 36.4 Å². The highest BCUT2D eigenvalue weighted by molar-refractivity contribution is 7.71. The first kappa shape index (κ1) is 40.2. The van der Waals surface area contributed by atoms with E-state index in [4.69, 9.17) is 24.4 Å². The molecule has 4 nitrogen and oxygen atoms in total. The van der Waals surface area contributed by atoms with Gasteiger partial charge in [-0.15, -0.1) is 0 Å². The molecule has 0 radical (unpaired) electrons. The summed E-state index contributed by atoms with van der Waals surface area (Å²) in [6, 6.07) is 29.7. The standard InChI is InChI=1S/2C21H24N2S.C6H6/c2*1-13-9-15(3)19(16(4)10-13)22-7-8-23(21(22)24)20-17(5)11-14(2)12-18(20)6;1-2-4-6-5-3-1/h2*7-12H,1-6H3;1-6H. The van der Waals surface area contributed by atoms with Gasteiger partial charge in [0, 0.05) is 24.8 Å². The average molecular weight is 751 g/mol. The summed E-state index contributed by atoms with van der Waals surface area (Å²) in [4.78, 5) is 0. The second-order valence-electron chi connectivity index (χ2n) is 14.8. The van der Waals surface area contributed by atoms with Crippen LogP contribution in [0.4, 0.5) is 0 Å². The van der Waals surface area contributed by atoms with E-state index in [9.17, 15) is 0 Å². The minimum Gasteiger partial charge on any atom is -0.292 e. The van der Waals surface area contributed by atoms with Gasteiger partial charge in [-0.2, -0.15) is 0 Å². The number of nitrogens with zero attached hydrogens (tertiary/aromatic N) is 4. The van der Waals surface area contributed by atoms with Crippen molar-refractivity contribution in [1.29, 1.82) is 0 Å². The summed E-state index contributed by atoms with van der Waals surface area (Å²) in [7, 11) is 0. The van der Waals surface area contributed by atoms with Crippen molar-refractivity contribution >= 4 is 24.4 Å². The summed E-state index contributed by atoms with van der Waals surface area (Å²) in [5, 5.41) is 0. The lowest BCUT2D eigenvalue weighted by atomic mass is 10.0. The van der Waals surface area contributed by atoms with Crippen molar-refractivity contribution in [2.75, 3.05) is 0 Å². The number of aromatic nitrogens is 4. The van der Waals surface area contributed by atoms with E-state index in [1.54, 1.807) is 0 Å². The van der Waals surface area contributed by atoms with E-state index in [-0.39, 0.29) is 0 Å². The zero-order valence-corrected chi connectivity index (χ0v) is 35.6. The number of hydrogen-bond acceptors (Lipinski definition) is 2. The molecule has 0 aliphatic heterocycles. The maximum atomic E-state index is 5.82. The molecule has 0 spiro atoms. The molecule has 6 heteroatoms. The molecule has 278 valence electrons. The van der Waals surface area contributed by atoms with Crippen LogP contribution in [0, 0.1) is 92.6 Å². The molecule has 5 aromatic carbocycles. The number of benzene rings is 5. The third-order valence-corrected chi connectivity index (χ3v) is 10.5. The molecule has 0 aliphatic carbocycles. The van der Waals surface area contributed by atoms with Gasteiger partial charge >= 0.3 is 0 Å². The molecule has 0 fully saturated rings. The molecule has 0 saturated heterocycles. The SMILES string of the molecule is Cc1cc(C)c(-n2ccn(-c3c(C)cc(C)cc3C)c2=S)c(C)c1.Cc1cc(C)c(-n2ccn(-c3c(C)cc(C)cc3C)c2=S)c(C)c1.c1ccccc1. The third kappa shape index (κ3) is 8.67. The van der Waals surface area contributed by atoms with Crippen LogP contribution >= 0.6 is 24.4 Å². The Morgan fingerprint density at radius 1 is 0.278 bits per heavy atom. The molecule has 2 heterocycles.